The Labute approximate surface area is 123 Å². The maximum absolute atomic E-state index is 12.1. The van der Waals surface area contributed by atoms with Crippen molar-refractivity contribution in [3.05, 3.63) is 29.8 Å². The first-order valence-corrected chi connectivity index (χ1v) is 6.89. The van der Waals surface area contributed by atoms with E-state index in [9.17, 15) is 4.79 Å². The number of aliphatic hydroxyl groups excluding tert-OH is 1. The summed E-state index contributed by atoms with van der Waals surface area (Å²) < 4.78 is 5.44. The molecule has 1 amide bonds. The second-order valence-corrected chi connectivity index (χ2v) is 5.12. The van der Waals surface area contributed by atoms with Gasteiger partial charge in [0.25, 0.3) is 0 Å². The third-order valence-electron chi connectivity index (χ3n) is 3.51. The van der Waals surface area contributed by atoms with Gasteiger partial charge < -0.3 is 15.2 Å². The molecule has 2 N–H and O–H groups in total. The van der Waals surface area contributed by atoms with Crippen LogP contribution in [0.15, 0.2) is 24.3 Å². The number of anilines is 1. The molecule has 1 aromatic rings. The van der Waals surface area contributed by atoms with Crippen LogP contribution in [0.5, 0.6) is 0 Å². The third kappa shape index (κ3) is 4.02. The molecule has 21 heavy (non-hydrogen) atoms. The van der Waals surface area contributed by atoms with Crippen LogP contribution in [-0.2, 0) is 9.53 Å². The van der Waals surface area contributed by atoms with Crippen LogP contribution in [-0.4, -0.2) is 54.4 Å². The highest BCUT2D eigenvalue weighted by Crippen LogP contribution is 2.15. The zero-order valence-corrected chi connectivity index (χ0v) is 12.0. The number of nitrogens with zero attached hydrogens (tertiary/aromatic N) is 2. The lowest BCUT2D eigenvalue weighted by Crippen LogP contribution is -2.51. The third-order valence-corrected chi connectivity index (χ3v) is 3.51. The van der Waals surface area contributed by atoms with E-state index in [1.165, 1.54) is 0 Å². The van der Waals surface area contributed by atoms with Gasteiger partial charge in [0.15, 0.2) is 0 Å². The maximum Gasteiger partial charge on any atom is 0.238 e. The van der Waals surface area contributed by atoms with Gasteiger partial charge in [-0.05, 0) is 19.1 Å². The number of para-hydroxylation sites is 1. The smallest absolute Gasteiger partial charge is 0.238 e. The molecule has 1 fully saturated rings. The van der Waals surface area contributed by atoms with Gasteiger partial charge in [0.2, 0.25) is 5.91 Å². The van der Waals surface area contributed by atoms with Crippen LogP contribution in [0.2, 0.25) is 0 Å². The SMILES string of the molecule is CC1COC(CO)CN1CC(=O)Nc1ccccc1C#N. The Morgan fingerprint density at radius 1 is 1.57 bits per heavy atom. The highest BCUT2D eigenvalue weighted by atomic mass is 16.5. The normalized spacial score (nSPS) is 22.5. The Hall–Kier alpha value is -1.94. The molecule has 0 aromatic heterocycles. The van der Waals surface area contributed by atoms with Gasteiger partial charge in [-0.3, -0.25) is 9.69 Å². The van der Waals surface area contributed by atoms with Gasteiger partial charge in [-0.25, -0.2) is 0 Å². The molecule has 1 heterocycles. The average Bonchev–Trinajstić information content (AvgIpc) is 2.50. The molecule has 6 nitrogen and oxygen atoms in total. The van der Waals surface area contributed by atoms with Crippen molar-refractivity contribution in [3.8, 4) is 6.07 Å². The summed E-state index contributed by atoms with van der Waals surface area (Å²) in [5.41, 5.74) is 0.957. The summed E-state index contributed by atoms with van der Waals surface area (Å²) in [7, 11) is 0. The van der Waals surface area contributed by atoms with E-state index in [1.54, 1.807) is 24.3 Å². The number of nitriles is 1. The zero-order chi connectivity index (χ0) is 15.2. The Kier molecular flexibility index (Phi) is 5.28. The second-order valence-electron chi connectivity index (χ2n) is 5.12. The van der Waals surface area contributed by atoms with Crippen molar-refractivity contribution >= 4 is 11.6 Å². The zero-order valence-electron chi connectivity index (χ0n) is 12.0. The number of hydrogen-bond donors (Lipinski definition) is 2. The van der Waals surface area contributed by atoms with Crippen molar-refractivity contribution < 1.29 is 14.6 Å². The Morgan fingerprint density at radius 3 is 3.05 bits per heavy atom. The number of carbonyl (C=O) groups is 1. The van der Waals surface area contributed by atoms with Crippen molar-refractivity contribution in [2.75, 3.05) is 31.6 Å². The molecule has 112 valence electrons. The largest absolute Gasteiger partial charge is 0.394 e. The van der Waals surface area contributed by atoms with E-state index in [0.29, 0.717) is 24.4 Å². The minimum absolute atomic E-state index is 0.0535. The van der Waals surface area contributed by atoms with Crippen molar-refractivity contribution in [3.63, 3.8) is 0 Å². The lowest BCUT2D eigenvalue weighted by Gasteiger charge is -2.36. The Morgan fingerprint density at radius 2 is 2.33 bits per heavy atom. The second kappa shape index (κ2) is 7.18. The fourth-order valence-electron chi connectivity index (χ4n) is 2.27. The summed E-state index contributed by atoms with van der Waals surface area (Å²) in [4.78, 5) is 14.1. The summed E-state index contributed by atoms with van der Waals surface area (Å²) in [5, 5.41) is 20.9. The number of carbonyl (C=O) groups excluding carboxylic acids is 1. The topological polar surface area (TPSA) is 85.6 Å². The average molecular weight is 289 g/mol. The van der Waals surface area contributed by atoms with Gasteiger partial charge in [0.05, 0.1) is 37.1 Å². The number of amides is 1. The molecule has 1 aliphatic heterocycles. The van der Waals surface area contributed by atoms with Crippen LogP contribution in [0.3, 0.4) is 0 Å². The monoisotopic (exact) mass is 289 g/mol. The summed E-state index contributed by atoms with van der Waals surface area (Å²) in [6.45, 7) is 3.14. The first-order chi connectivity index (χ1) is 10.1. The number of rotatable bonds is 4. The predicted octanol–water partition coefficient (Wildman–Crippen LogP) is 0.578. The van der Waals surface area contributed by atoms with Crippen LogP contribution >= 0.6 is 0 Å². The van der Waals surface area contributed by atoms with Crippen molar-refractivity contribution in [2.45, 2.75) is 19.1 Å². The molecule has 1 aliphatic rings. The molecule has 0 aliphatic carbocycles. The number of morpholine rings is 1. The van der Waals surface area contributed by atoms with Gasteiger partial charge in [-0.15, -0.1) is 0 Å². The molecule has 2 atom stereocenters. The Balaban J connectivity index is 1.96. The molecule has 1 aromatic carbocycles. The molecule has 2 rings (SSSR count). The number of hydrogen-bond acceptors (Lipinski definition) is 5. The highest BCUT2D eigenvalue weighted by Gasteiger charge is 2.27. The number of ether oxygens (including phenoxy) is 1. The molecule has 0 saturated carbocycles. The fraction of sp³-hybridized carbons (Fsp3) is 0.467. The highest BCUT2D eigenvalue weighted by molar-refractivity contribution is 5.93. The van der Waals surface area contributed by atoms with Gasteiger partial charge in [-0.1, -0.05) is 12.1 Å². The maximum atomic E-state index is 12.1. The molecular formula is C15H19N3O3. The van der Waals surface area contributed by atoms with E-state index in [0.717, 1.165) is 0 Å². The molecule has 1 saturated heterocycles. The van der Waals surface area contributed by atoms with Gasteiger partial charge in [0.1, 0.15) is 6.07 Å². The molecular weight excluding hydrogens is 270 g/mol. The van der Waals surface area contributed by atoms with Crippen LogP contribution in [0.25, 0.3) is 0 Å². The van der Waals surface area contributed by atoms with Crippen LogP contribution in [0, 0.1) is 11.3 Å². The van der Waals surface area contributed by atoms with Crippen LogP contribution in [0.1, 0.15) is 12.5 Å². The first-order valence-electron chi connectivity index (χ1n) is 6.89. The fourth-order valence-corrected chi connectivity index (χ4v) is 2.27. The number of aliphatic hydroxyl groups is 1. The molecule has 0 radical (unpaired) electrons. The summed E-state index contributed by atoms with van der Waals surface area (Å²) in [6, 6.07) is 9.06. The minimum Gasteiger partial charge on any atom is -0.394 e. The molecule has 6 heteroatoms. The summed E-state index contributed by atoms with van der Waals surface area (Å²) in [6.07, 6.45) is -0.250. The molecule has 2 unspecified atom stereocenters. The van der Waals surface area contributed by atoms with Gasteiger partial charge in [0, 0.05) is 12.6 Å². The van der Waals surface area contributed by atoms with E-state index >= 15 is 0 Å². The van der Waals surface area contributed by atoms with Crippen LogP contribution in [0.4, 0.5) is 5.69 Å². The van der Waals surface area contributed by atoms with E-state index in [2.05, 4.69) is 5.32 Å². The van der Waals surface area contributed by atoms with Gasteiger partial charge in [-0.2, -0.15) is 5.26 Å². The van der Waals surface area contributed by atoms with E-state index in [4.69, 9.17) is 15.1 Å². The minimum atomic E-state index is -0.250. The van der Waals surface area contributed by atoms with E-state index in [-0.39, 0.29) is 31.2 Å². The van der Waals surface area contributed by atoms with Crippen molar-refractivity contribution in [2.24, 2.45) is 0 Å². The van der Waals surface area contributed by atoms with Crippen molar-refractivity contribution in [1.29, 1.82) is 5.26 Å². The van der Waals surface area contributed by atoms with Crippen molar-refractivity contribution in [1.82, 2.24) is 4.90 Å². The predicted molar refractivity (Wildman–Crippen MR) is 77.6 cm³/mol. The van der Waals surface area contributed by atoms with Crippen LogP contribution < -0.4 is 5.32 Å². The number of nitrogens with one attached hydrogen (secondary N) is 1. The standard InChI is InChI=1S/C15H19N3O3/c1-11-10-21-13(9-19)7-18(11)8-15(20)17-14-5-3-2-4-12(14)6-16/h2-5,11,13,19H,7-10H2,1H3,(H,17,20). The van der Waals surface area contributed by atoms with E-state index in [1.807, 2.05) is 17.9 Å². The van der Waals surface area contributed by atoms with Gasteiger partial charge >= 0.3 is 0 Å². The lowest BCUT2D eigenvalue weighted by molar-refractivity contribution is -0.122. The lowest BCUT2D eigenvalue weighted by atomic mass is 10.2. The van der Waals surface area contributed by atoms with E-state index < -0.39 is 0 Å². The Bertz CT molecular complexity index is 541. The first kappa shape index (κ1) is 15.4. The molecule has 0 spiro atoms. The molecule has 0 bridgehead atoms. The number of benzene rings is 1. The summed E-state index contributed by atoms with van der Waals surface area (Å²) in [5.74, 6) is -0.178. The summed E-state index contributed by atoms with van der Waals surface area (Å²) >= 11 is 0. The quantitative estimate of drug-likeness (QED) is 0.847.